The number of carbonyl (C=O) groups is 3. The number of hydrogen-bond donors (Lipinski definition) is 4. The van der Waals surface area contributed by atoms with Crippen LogP contribution in [0.3, 0.4) is 0 Å². The van der Waals surface area contributed by atoms with Crippen molar-refractivity contribution in [1.29, 1.82) is 0 Å². The lowest BCUT2D eigenvalue weighted by atomic mass is 9.92. The fourth-order valence-electron chi connectivity index (χ4n) is 3.79. The Hall–Kier alpha value is -3.72. The Morgan fingerprint density at radius 3 is 2.59 bits per heavy atom. The van der Waals surface area contributed by atoms with Gasteiger partial charge in [-0.1, -0.05) is 32.0 Å². The number of benzene rings is 1. The van der Waals surface area contributed by atoms with Crippen LogP contribution in [-0.4, -0.2) is 34.0 Å². The normalized spacial score (nSPS) is 12.8. The van der Waals surface area contributed by atoms with Crippen molar-refractivity contribution in [2.75, 3.05) is 0 Å². The minimum absolute atomic E-state index is 0.137. The third kappa shape index (κ3) is 7.14. The molecule has 0 saturated carbocycles. The van der Waals surface area contributed by atoms with Gasteiger partial charge in [0.1, 0.15) is 11.8 Å². The van der Waals surface area contributed by atoms with Crippen LogP contribution in [0.4, 0.5) is 0 Å². The molecule has 0 saturated heterocycles. The average Bonchev–Trinajstić information content (AvgIpc) is 3.35. The summed E-state index contributed by atoms with van der Waals surface area (Å²) in [6.45, 7) is 4.05. The molecule has 0 fully saturated rings. The number of aromatic nitrogens is 1. The number of para-hydroxylation sites is 1. The number of furan rings is 1. The second-order valence-corrected chi connectivity index (χ2v) is 8.66. The second-order valence-electron chi connectivity index (χ2n) is 8.66. The molecule has 9 nitrogen and oxygen atoms in total. The molecule has 0 aliphatic carbocycles. The van der Waals surface area contributed by atoms with E-state index in [2.05, 4.69) is 15.6 Å². The van der Waals surface area contributed by atoms with E-state index in [1.165, 1.54) is 6.26 Å². The maximum absolute atomic E-state index is 13.1. The van der Waals surface area contributed by atoms with E-state index in [0.717, 1.165) is 16.5 Å². The van der Waals surface area contributed by atoms with Crippen molar-refractivity contribution in [3.05, 3.63) is 66.2 Å². The van der Waals surface area contributed by atoms with Gasteiger partial charge in [0.05, 0.1) is 18.3 Å². The summed E-state index contributed by atoms with van der Waals surface area (Å²) >= 11 is 0. The van der Waals surface area contributed by atoms with Crippen molar-refractivity contribution in [2.24, 2.45) is 11.8 Å². The summed E-state index contributed by atoms with van der Waals surface area (Å²) in [6.07, 6.45) is 3.67. The number of hydrogen-bond acceptors (Lipinski definition) is 6. The number of pyridine rings is 1. The highest BCUT2D eigenvalue weighted by Crippen LogP contribution is 2.18. The van der Waals surface area contributed by atoms with E-state index in [4.69, 9.17) is 9.62 Å². The lowest BCUT2D eigenvalue weighted by Gasteiger charge is -2.23. The Bertz CT molecular complexity index is 1110. The largest absolute Gasteiger partial charge is 0.467 e. The van der Waals surface area contributed by atoms with Gasteiger partial charge < -0.3 is 15.1 Å². The molecule has 0 radical (unpaired) electrons. The quantitative estimate of drug-likeness (QED) is 0.254. The molecular weight excluding hydrogens is 436 g/mol. The van der Waals surface area contributed by atoms with E-state index in [1.54, 1.807) is 23.8 Å². The zero-order valence-corrected chi connectivity index (χ0v) is 19.3. The molecule has 4 N–H and O–H groups in total. The molecule has 2 heterocycles. The number of nitrogens with one attached hydrogen (secondary N) is 3. The van der Waals surface area contributed by atoms with Crippen LogP contribution < -0.4 is 16.1 Å². The first-order chi connectivity index (χ1) is 16.4. The fourth-order valence-corrected chi connectivity index (χ4v) is 3.79. The van der Waals surface area contributed by atoms with Gasteiger partial charge in [0.2, 0.25) is 17.7 Å². The molecule has 0 spiro atoms. The van der Waals surface area contributed by atoms with E-state index in [-0.39, 0.29) is 31.2 Å². The van der Waals surface area contributed by atoms with Crippen LogP contribution in [0.5, 0.6) is 0 Å². The number of rotatable bonds is 11. The van der Waals surface area contributed by atoms with Gasteiger partial charge in [-0.15, -0.1) is 0 Å². The van der Waals surface area contributed by atoms with E-state index in [1.807, 2.05) is 44.2 Å². The summed E-state index contributed by atoms with van der Waals surface area (Å²) < 4.78 is 5.27. The van der Waals surface area contributed by atoms with E-state index in [0.29, 0.717) is 12.2 Å². The van der Waals surface area contributed by atoms with Crippen molar-refractivity contribution in [3.63, 3.8) is 0 Å². The minimum atomic E-state index is -0.891. The molecule has 34 heavy (non-hydrogen) atoms. The molecule has 2 aromatic heterocycles. The predicted octanol–water partition coefficient (Wildman–Crippen LogP) is 2.73. The molecule has 0 aliphatic heterocycles. The Morgan fingerprint density at radius 2 is 1.88 bits per heavy atom. The third-order valence-electron chi connectivity index (χ3n) is 5.42. The minimum Gasteiger partial charge on any atom is -0.467 e. The van der Waals surface area contributed by atoms with Crippen molar-refractivity contribution in [3.8, 4) is 0 Å². The van der Waals surface area contributed by atoms with Gasteiger partial charge in [0, 0.05) is 30.3 Å². The van der Waals surface area contributed by atoms with Gasteiger partial charge in [-0.2, -0.15) is 0 Å². The highest BCUT2D eigenvalue weighted by molar-refractivity contribution is 5.91. The van der Waals surface area contributed by atoms with E-state index in [9.17, 15) is 14.4 Å². The van der Waals surface area contributed by atoms with Crippen molar-refractivity contribution >= 4 is 28.6 Å². The molecule has 1 aromatic carbocycles. The highest BCUT2D eigenvalue weighted by Gasteiger charge is 2.28. The van der Waals surface area contributed by atoms with E-state index >= 15 is 0 Å². The molecule has 0 unspecified atom stereocenters. The summed E-state index contributed by atoms with van der Waals surface area (Å²) in [5, 5.41) is 15.4. The Labute approximate surface area is 197 Å². The summed E-state index contributed by atoms with van der Waals surface area (Å²) in [7, 11) is 0. The summed E-state index contributed by atoms with van der Waals surface area (Å²) in [6, 6.07) is 12.2. The van der Waals surface area contributed by atoms with Crippen LogP contribution in [0.2, 0.25) is 0 Å². The predicted molar refractivity (Wildman–Crippen MR) is 125 cm³/mol. The first-order valence-electron chi connectivity index (χ1n) is 11.2. The third-order valence-corrected chi connectivity index (χ3v) is 5.42. The van der Waals surface area contributed by atoms with Gasteiger partial charge in [-0.3, -0.25) is 24.6 Å². The van der Waals surface area contributed by atoms with Crippen LogP contribution in [0.25, 0.3) is 10.9 Å². The molecule has 3 aromatic rings. The van der Waals surface area contributed by atoms with Gasteiger partial charge in [-0.05, 0) is 42.2 Å². The molecule has 0 aliphatic rings. The van der Waals surface area contributed by atoms with Crippen LogP contribution in [0.15, 0.2) is 59.3 Å². The molecular formula is C25H30N4O5. The van der Waals surface area contributed by atoms with Gasteiger partial charge in [0.25, 0.3) is 0 Å². The Kier molecular flexibility index (Phi) is 8.75. The Morgan fingerprint density at radius 1 is 1.09 bits per heavy atom. The van der Waals surface area contributed by atoms with Crippen LogP contribution in [0.1, 0.15) is 38.0 Å². The van der Waals surface area contributed by atoms with Crippen molar-refractivity contribution in [2.45, 2.75) is 45.7 Å². The first kappa shape index (κ1) is 24.9. The average molecular weight is 467 g/mol. The highest BCUT2D eigenvalue weighted by atomic mass is 16.5. The fraction of sp³-hybridized carbons (Fsp3) is 0.360. The van der Waals surface area contributed by atoms with Crippen LogP contribution in [-0.2, 0) is 27.3 Å². The lowest BCUT2D eigenvalue weighted by molar-refractivity contribution is -0.136. The zero-order valence-electron chi connectivity index (χ0n) is 19.3. The van der Waals surface area contributed by atoms with Crippen molar-refractivity contribution < 1.29 is 24.0 Å². The molecule has 2 atom stereocenters. The number of hydroxylamine groups is 1. The van der Waals surface area contributed by atoms with Gasteiger partial charge >= 0.3 is 0 Å². The summed E-state index contributed by atoms with van der Waals surface area (Å²) in [4.78, 5) is 42.3. The van der Waals surface area contributed by atoms with Crippen LogP contribution >= 0.6 is 0 Å². The molecule has 180 valence electrons. The number of fused-ring (bicyclic) bond motifs is 1. The second kappa shape index (κ2) is 11.9. The molecule has 0 bridgehead atoms. The number of nitrogens with zero attached hydrogens (tertiary/aromatic N) is 1. The maximum Gasteiger partial charge on any atom is 0.244 e. The lowest BCUT2D eigenvalue weighted by Crippen LogP contribution is -2.50. The number of carbonyl (C=O) groups excluding carboxylic acids is 3. The maximum atomic E-state index is 13.1. The molecule has 3 amide bonds. The Balaban J connectivity index is 1.79. The van der Waals surface area contributed by atoms with Gasteiger partial charge in [-0.25, -0.2) is 5.48 Å². The van der Waals surface area contributed by atoms with Crippen LogP contribution in [0, 0.1) is 11.8 Å². The number of amides is 3. The van der Waals surface area contributed by atoms with Crippen molar-refractivity contribution in [1.82, 2.24) is 21.1 Å². The first-order valence-corrected chi connectivity index (χ1v) is 11.2. The summed E-state index contributed by atoms with van der Waals surface area (Å²) in [5.41, 5.74) is 3.19. The van der Waals surface area contributed by atoms with Gasteiger partial charge in [0.15, 0.2) is 0 Å². The SMILES string of the molecule is CC(C)C[C@H](CC(=O)NO)C(=O)N[C@@H](Cc1cnc2ccccc2c1)C(=O)NCc1ccco1. The molecule has 3 rings (SSSR count). The van der Waals surface area contributed by atoms with E-state index < -0.39 is 23.8 Å². The summed E-state index contributed by atoms with van der Waals surface area (Å²) in [5.74, 6) is -1.43. The standard InChI is InChI=1S/C25H30N4O5/c1-16(2)10-19(13-23(30)29-33)24(31)28-22(25(32)27-15-20-7-5-9-34-20)12-17-11-18-6-3-4-8-21(18)26-14-17/h3-9,11,14,16,19,22,33H,10,12-13,15H2,1-2H3,(H,27,32)(H,28,31)(H,29,30)/t19-,22+/m1/s1. The molecule has 9 heteroatoms. The topological polar surface area (TPSA) is 134 Å². The monoisotopic (exact) mass is 466 g/mol. The smallest absolute Gasteiger partial charge is 0.244 e. The zero-order chi connectivity index (χ0) is 24.5.